The third-order valence-corrected chi connectivity index (χ3v) is 8.23. The molecule has 2 atom stereocenters. The molecule has 4 N–H and O–H groups in total. The van der Waals surface area contributed by atoms with E-state index in [4.69, 9.17) is 15.3 Å². The maximum atomic E-state index is 13.0. The normalized spacial score (nSPS) is 18.6. The summed E-state index contributed by atoms with van der Waals surface area (Å²) in [5, 5.41) is 7.31. The molecule has 2 rings (SSSR count). The van der Waals surface area contributed by atoms with Gasteiger partial charge in [0.15, 0.2) is 16.9 Å². The quantitative estimate of drug-likeness (QED) is 0.0774. The zero-order chi connectivity index (χ0) is 28.3. The first kappa shape index (κ1) is 30.1. The van der Waals surface area contributed by atoms with Gasteiger partial charge in [0.2, 0.25) is 5.60 Å². The number of thiazole rings is 1. The maximum absolute atomic E-state index is 13.0. The summed E-state index contributed by atoms with van der Waals surface area (Å²) in [5.41, 5.74) is 3.39. The molecule has 0 spiro atoms. The van der Waals surface area contributed by atoms with Crippen LogP contribution in [0.25, 0.3) is 0 Å². The fourth-order valence-corrected chi connectivity index (χ4v) is 4.94. The van der Waals surface area contributed by atoms with E-state index in [2.05, 4.69) is 39.8 Å². The van der Waals surface area contributed by atoms with E-state index in [1.807, 2.05) is 0 Å². The third kappa shape index (κ3) is 7.46. The number of amides is 2. The van der Waals surface area contributed by atoms with E-state index < -0.39 is 65.5 Å². The molecule has 0 aromatic carbocycles. The molecule has 2 heterocycles. The van der Waals surface area contributed by atoms with E-state index in [1.165, 1.54) is 19.2 Å². The molecule has 1 aliphatic heterocycles. The number of β-lactam (4-membered cyclic amide) rings is 1. The lowest BCUT2D eigenvalue weighted by atomic mass is 9.98. The summed E-state index contributed by atoms with van der Waals surface area (Å²) < 4.78 is 41.8. The Morgan fingerprint density at radius 2 is 1.95 bits per heavy atom. The molecule has 2 amide bonds. The Morgan fingerprint density at radius 3 is 2.43 bits per heavy atom. The van der Waals surface area contributed by atoms with Gasteiger partial charge in [0.05, 0.1) is 13.7 Å². The van der Waals surface area contributed by atoms with Gasteiger partial charge in [-0.05, 0) is 19.9 Å². The smallest absolute Gasteiger partial charge is 0.363 e. The van der Waals surface area contributed by atoms with Gasteiger partial charge in [0, 0.05) is 13.5 Å². The average Bonchev–Trinajstić information content (AvgIpc) is 3.18. The number of nitrogens with zero attached hydrogens (tertiary/aromatic N) is 3. The van der Waals surface area contributed by atoms with Crippen LogP contribution in [0.15, 0.2) is 10.5 Å². The molecule has 18 heteroatoms. The summed E-state index contributed by atoms with van der Waals surface area (Å²) in [6.45, 7) is 9.26. The Bertz CT molecular complexity index is 1210. The number of hydrogen-bond donors (Lipinski definition) is 3. The summed E-state index contributed by atoms with van der Waals surface area (Å²) >= 11 is 0.956. The molecular weight excluding hydrogens is 550 g/mol. The third-order valence-electron chi connectivity index (χ3n) is 4.95. The number of hydrogen-bond acceptors (Lipinski definition) is 13. The molecule has 1 fully saturated rings. The monoisotopic (exact) mass is 579 g/mol. The minimum atomic E-state index is -5.11. The van der Waals surface area contributed by atoms with Crippen LogP contribution in [0.1, 0.15) is 19.5 Å². The van der Waals surface area contributed by atoms with Crippen LogP contribution in [-0.4, -0.2) is 91.2 Å². The van der Waals surface area contributed by atoms with Gasteiger partial charge in [-0.3, -0.25) is 14.1 Å². The molecule has 1 aromatic heterocycles. The highest BCUT2D eigenvalue weighted by molar-refractivity contribution is 7.84. The zero-order valence-corrected chi connectivity index (χ0v) is 23.6. The fraction of sp³-hybridized carbons (Fsp3) is 0.579. The Balaban J connectivity index is 2.27. The highest BCUT2D eigenvalue weighted by Crippen LogP contribution is 2.25. The predicted octanol–water partition coefficient (Wildman–Crippen LogP) is -0.223. The number of ether oxygens (including phenoxy) is 2. The van der Waals surface area contributed by atoms with Crippen molar-refractivity contribution in [1.29, 1.82) is 0 Å². The molecule has 15 nitrogen and oxygen atoms in total. The molecule has 0 unspecified atom stereocenters. The number of esters is 2. The largest absolute Gasteiger partial charge is 0.467 e. The highest BCUT2D eigenvalue weighted by Gasteiger charge is 2.58. The van der Waals surface area contributed by atoms with Crippen molar-refractivity contribution < 1.29 is 46.5 Å². The second-order valence-electron chi connectivity index (χ2n) is 9.59. The maximum Gasteiger partial charge on any atom is 0.363 e. The van der Waals surface area contributed by atoms with Crippen molar-refractivity contribution in [2.24, 2.45) is 5.16 Å². The molecular formula is C19H29N5O10S2Si. The Kier molecular flexibility index (Phi) is 9.05. The van der Waals surface area contributed by atoms with Gasteiger partial charge in [0.1, 0.15) is 11.7 Å². The van der Waals surface area contributed by atoms with Gasteiger partial charge in [0.25, 0.3) is 11.8 Å². The van der Waals surface area contributed by atoms with E-state index in [-0.39, 0.29) is 21.7 Å². The molecule has 0 saturated carbocycles. The number of aromatic nitrogens is 1. The van der Waals surface area contributed by atoms with Gasteiger partial charge < -0.3 is 25.4 Å². The van der Waals surface area contributed by atoms with E-state index in [0.29, 0.717) is 0 Å². The summed E-state index contributed by atoms with van der Waals surface area (Å²) in [4.78, 5) is 59.2. The number of oxime groups is 1. The minimum Gasteiger partial charge on any atom is -0.467 e. The van der Waals surface area contributed by atoms with Crippen molar-refractivity contribution in [3.8, 4) is 0 Å². The van der Waals surface area contributed by atoms with Crippen LogP contribution >= 0.6 is 11.3 Å². The van der Waals surface area contributed by atoms with E-state index >= 15 is 0 Å². The summed E-state index contributed by atoms with van der Waals surface area (Å²) in [7, 11) is -5.65. The van der Waals surface area contributed by atoms with Crippen molar-refractivity contribution in [2.45, 2.75) is 57.2 Å². The van der Waals surface area contributed by atoms with Gasteiger partial charge in [-0.15, -0.1) is 11.3 Å². The van der Waals surface area contributed by atoms with E-state index in [0.717, 1.165) is 24.5 Å². The molecule has 37 heavy (non-hydrogen) atoms. The molecule has 206 valence electrons. The Morgan fingerprint density at radius 1 is 1.32 bits per heavy atom. The molecule has 1 aliphatic rings. The lowest BCUT2D eigenvalue weighted by molar-refractivity contribution is -0.167. The first-order valence-electron chi connectivity index (χ1n) is 10.7. The number of carbonyl (C=O) groups is 4. The molecule has 1 aromatic rings. The van der Waals surface area contributed by atoms with Crippen LogP contribution < -0.4 is 11.1 Å². The number of nitrogen functional groups attached to an aromatic ring is 1. The first-order chi connectivity index (χ1) is 16.9. The van der Waals surface area contributed by atoms with Crippen molar-refractivity contribution in [2.75, 3.05) is 19.5 Å². The lowest BCUT2D eigenvalue weighted by Gasteiger charge is -2.41. The number of nitrogens with two attached hydrogens (primary N) is 1. The summed E-state index contributed by atoms with van der Waals surface area (Å²) in [6.07, 6.45) is 0. The second-order valence-corrected chi connectivity index (χ2v) is 17.4. The first-order valence-corrected chi connectivity index (χ1v) is 16.7. The average molecular weight is 580 g/mol. The number of methoxy groups -OCH3 is 1. The zero-order valence-electron chi connectivity index (χ0n) is 21.0. The molecule has 0 bridgehead atoms. The topological polar surface area (TPSA) is 217 Å². The molecule has 0 radical (unpaired) electrons. The predicted molar refractivity (Wildman–Crippen MR) is 133 cm³/mol. The van der Waals surface area contributed by atoms with Crippen LogP contribution in [0.2, 0.25) is 25.7 Å². The van der Waals surface area contributed by atoms with Crippen molar-refractivity contribution in [1.82, 2.24) is 14.6 Å². The summed E-state index contributed by atoms with van der Waals surface area (Å²) in [6, 6.07) is -2.86. The van der Waals surface area contributed by atoms with E-state index in [9.17, 15) is 32.1 Å². The SMILES string of the molecule is COC(=O)[C@@H]1[C@H](NC(=O)C(=NOC(C)(C)C(=O)OCC[Si](C)(C)C)c2csc(N)n2)C(=O)N1S(=O)(=O)O. The molecule has 1 saturated heterocycles. The van der Waals surface area contributed by atoms with Crippen molar-refractivity contribution in [3.63, 3.8) is 0 Å². The van der Waals surface area contributed by atoms with Gasteiger partial charge in [-0.2, -0.15) is 12.7 Å². The van der Waals surface area contributed by atoms with Crippen molar-refractivity contribution >= 4 is 64.3 Å². The minimum absolute atomic E-state index is 0.0604. The number of nitrogens with one attached hydrogen (secondary N) is 1. The van der Waals surface area contributed by atoms with Crippen LogP contribution in [0, 0.1) is 0 Å². The Hall–Kier alpha value is -3.09. The fourth-order valence-electron chi connectivity index (χ4n) is 2.84. The Labute approximate surface area is 218 Å². The van der Waals surface area contributed by atoms with Gasteiger partial charge >= 0.3 is 22.2 Å². The van der Waals surface area contributed by atoms with Gasteiger partial charge in [-0.1, -0.05) is 24.8 Å². The highest BCUT2D eigenvalue weighted by atomic mass is 32.2. The molecule has 0 aliphatic carbocycles. The van der Waals surface area contributed by atoms with E-state index in [1.54, 1.807) is 0 Å². The number of carbonyl (C=O) groups excluding carboxylic acids is 4. The van der Waals surface area contributed by atoms with Crippen molar-refractivity contribution in [3.05, 3.63) is 11.1 Å². The van der Waals surface area contributed by atoms with Crippen LogP contribution in [0.3, 0.4) is 0 Å². The summed E-state index contributed by atoms with van der Waals surface area (Å²) in [5.74, 6) is -4.36. The number of rotatable bonds is 11. The second kappa shape index (κ2) is 11.1. The van der Waals surface area contributed by atoms with Crippen LogP contribution in [0.4, 0.5) is 5.13 Å². The lowest BCUT2D eigenvalue weighted by Crippen LogP contribution is -2.74. The number of anilines is 1. The van der Waals surface area contributed by atoms with Crippen LogP contribution in [-0.2, 0) is 43.8 Å². The van der Waals surface area contributed by atoms with Crippen LogP contribution in [0.5, 0.6) is 0 Å². The standard InChI is InChI=1S/C19H29N5O10S2Si/c1-19(2,17(28)33-7-8-37(4,5)6)34-23-11(10-9-35-18(20)21-10)14(25)22-12-13(16(27)32-3)24(15(12)26)36(29,30)31/h9,12-13H,7-8H2,1-6H3,(H2,20,21)(H,22,25)(H,29,30,31)/t12-,13-/m0/s1. The van der Waals surface area contributed by atoms with Gasteiger partial charge in [-0.25, -0.2) is 14.6 Å².